The van der Waals surface area contributed by atoms with Gasteiger partial charge in [-0.05, 0) is 45.5 Å². The van der Waals surface area contributed by atoms with Gasteiger partial charge in [-0.3, -0.25) is 0 Å². The van der Waals surface area contributed by atoms with Crippen LogP contribution in [0.3, 0.4) is 0 Å². The maximum atomic E-state index is 9.19. The number of nitrogens with one attached hydrogen (secondary N) is 1. The number of likely N-dealkylation sites (N-methyl/N-ethyl adjacent to an activating group) is 2. The lowest BCUT2D eigenvalue weighted by Gasteiger charge is -2.31. The van der Waals surface area contributed by atoms with E-state index in [9.17, 15) is 5.26 Å². The highest BCUT2D eigenvalue weighted by molar-refractivity contribution is 5.49. The summed E-state index contributed by atoms with van der Waals surface area (Å²) in [6.07, 6.45) is 0. The van der Waals surface area contributed by atoms with Gasteiger partial charge in [0.2, 0.25) is 0 Å². The third-order valence-corrected chi connectivity index (χ3v) is 3.05. The molecule has 1 unspecified atom stereocenters. The first-order chi connectivity index (χ1) is 8.04. The molecule has 1 rings (SSSR count). The van der Waals surface area contributed by atoms with Crippen molar-refractivity contribution in [3.63, 3.8) is 0 Å². The zero-order valence-electron chi connectivity index (χ0n) is 11.1. The highest BCUT2D eigenvalue weighted by atomic mass is 15.2. The summed E-state index contributed by atoms with van der Waals surface area (Å²) < 4.78 is 0. The van der Waals surface area contributed by atoms with Crippen LogP contribution in [0.25, 0.3) is 0 Å². The molecule has 1 aromatic carbocycles. The number of rotatable bonds is 5. The molecule has 0 aromatic heterocycles. The minimum absolute atomic E-state index is 0.514. The van der Waals surface area contributed by atoms with Crippen LogP contribution >= 0.6 is 0 Å². The number of aryl methyl sites for hydroxylation is 1. The molecule has 17 heavy (non-hydrogen) atoms. The summed E-state index contributed by atoms with van der Waals surface area (Å²) in [5.74, 6) is 0. The number of nitrogens with zero attached hydrogens (tertiary/aromatic N) is 2. The third-order valence-electron chi connectivity index (χ3n) is 3.05. The van der Waals surface area contributed by atoms with Crippen molar-refractivity contribution < 1.29 is 0 Å². The van der Waals surface area contributed by atoms with E-state index in [0.717, 1.165) is 6.54 Å². The fraction of sp³-hybridized carbons (Fsp3) is 0.500. The molecule has 0 amide bonds. The lowest BCUT2D eigenvalue weighted by molar-refractivity contribution is 0.484. The molecular formula is C14H21N3. The van der Waals surface area contributed by atoms with E-state index in [1.807, 2.05) is 14.0 Å². The standard InChI is InChI=1S/C14H21N3/c1-5-17(11-14(3,10-15)16-4)13-8-6-7-12(2)9-13/h6-9,16H,5,11H2,1-4H3. The van der Waals surface area contributed by atoms with E-state index in [-0.39, 0.29) is 0 Å². The van der Waals surface area contributed by atoms with Crippen molar-refractivity contribution in [2.24, 2.45) is 0 Å². The second-order valence-electron chi connectivity index (χ2n) is 4.55. The predicted molar refractivity (Wildman–Crippen MR) is 72.1 cm³/mol. The molecule has 0 bridgehead atoms. The van der Waals surface area contributed by atoms with Crippen molar-refractivity contribution in [3.05, 3.63) is 29.8 Å². The molecule has 0 heterocycles. The lowest BCUT2D eigenvalue weighted by atomic mass is 10.0. The van der Waals surface area contributed by atoms with Crippen LogP contribution in [-0.2, 0) is 0 Å². The molecule has 0 saturated carbocycles. The van der Waals surface area contributed by atoms with E-state index in [2.05, 4.69) is 54.4 Å². The Kier molecular flexibility index (Phi) is 4.53. The van der Waals surface area contributed by atoms with Crippen molar-refractivity contribution in [3.8, 4) is 6.07 Å². The fourth-order valence-electron chi connectivity index (χ4n) is 1.76. The fourth-order valence-corrected chi connectivity index (χ4v) is 1.76. The monoisotopic (exact) mass is 231 g/mol. The Morgan fingerprint density at radius 3 is 2.65 bits per heavy atom. The molecule has 92 valence electrons. The minimum Gasteiger partial charge on any atom is -0.369 e. The molecule has 0 saturated heterocycles. The molecule has 1 atom stereocenters. The second kappa shape index (κ2) is 5.70. The Hall–Kier alpha value is -1.53. The Balaban J connectivity index is 2.90. The van der Waals surface area contributed by atoms with Gasteiger partial charge >= 0.3 is 0 Å². The van der Waals surface area contributed by atoms with Gasteiger partial charge in [-0.15, -0.1) is 0 Å². The molecule has 0 fully saturated rings. The summed E-state index contributed by atoms with van der Waals surface area (Å²) in [6, 6.07) is 10.7. The van der Waals surface area contributed by atoms with Crippen LogP contribution < -0.4 is 10.2 Å². The topological polar surface area (TPSA) is 39.1 Å². The second-order valence-corrected chi connectivity index (χ2v) is 4.55. The van der Waals surface area contributed by atoms with Gasteiger partial charge in [0.25, 0.3) is 0 Å². The van der Waals surface area contributed by atoms with Gasteiger partial charge in [-0.2, -0.15) is 5.26 Å². The Morgan fingerprint density at radius 2 is 2.18 bits per heavy atom. The quantitative estimate of drug-likeness (QED) is 0.845. The molecule has 0 spiro atoms. The van der Waals surface area contributed by atoms with E-state index in [4.69, 9.17) is 0 Å². The third kappa shape index (κ3) is 3.47. The molecule has 0 aliphatic rings. The number of hydrogen-bond donors (Lipinski definition) is 1. The van der Waals surface area contributed by atoms with Gasteiger partial charge < -0.3 is 10.2 Å². The highest BCUT2D eigenvalue weighted by Gasteiger charge is 2.24. The average molecular weight is 231 g/mol. The van der Waals surface area contributed by atoms with Crippen molar-refractivity contribution >= 4 is 5.69 Å². The minimum atomic E-state index is -0.514. The first-order valence-electron chi connectivity index (χ1n) is 5.96. The molecule has 3 heteroatoms. The van der Waals surface area contributed by atoms with E-state index in [1.165, 1.54) is 11.3 Å². The number of nitriles is 1. The maximum Gasteiger partial charge on any atom is 0.121 e. The van der Waals surface area contributed by atoms with Crippen LogP contribution in [0, 0.1) is 18.3 Å². The molecule has 0 aliphatic heterocycles. The summed E-state index contributed by atoms with van der Waals surface area (Å²) in [5, 5.41) is 12.3. The van der Waals surface area contributed by atoms with Crippen LogP contribution in [0.15, 0.2) is 24.3 Å². The van der Waals surface area contributed by atoms with Gasteiger partial charge in [0.15, 0.2) is 0 Å². The molecule has 0 radical (unpaired) electrons. The largest absolute Gasteiger partial charge is 0.369 e. The first kappa shape index (κ1) is 13.5. The summed E-state index contributed by atoms with van der Waals surface area (Å²) in [6.45, 7) is 7.68. The lowest BCUT2D eigenvalue weighted by Crippen LogP contribution is -2.49. The normalized spacial score (nSPS) is 13.8. The Morgan fingerprint density at radius 1 is 1.47 bits per heavy atom. The van der Waals surface area contributed by atoms with E-state index in [1.54, 1.807) is 0 Å². The van der Waals surface area contributed by atoms with Crippen LogP contribution in [0.2, 0.25) is 0 Å². The van der Waals surface area contributed by atoms with E-state index in [0.29, 0.717) is 6.54 Å². The summed E-state index contributed by atoms with van der Waals surface area (Å²) >= 11 is 0. The van der Waals surface area contributed by atoms with Crippen molar-refractivity contribution in [1.82, 2.24) is 5.32 Å². The Bertz CT molecular complexity index is 408. The summed E-state index contributed by atoms with van der Waals surface area (Å²) in [4.78, 5) is 2.22. The van der Waals surface area contributed by atoms with Crippen LogP contribution in [-0.4, -0.2) is 25.7 Å². The van der Waals surface area contributed by atoms with E-state index >= 15 is 0 Å². The highest BCUT2D eigenvalue weighted by Crippen LogP contribution is 2.18. The zero-order chi connectivity index (χ0) is 12.9. The number of benzene rings is 1. The average Bonchev–Trinajstić information content (AvgIpc) is 2.35. The van der Waals surface area contributed by atoms with Crippen LogP contribution in [0.1, 0.15) is 19.4 Å². The van der Waals surface area contributed by atoms with Gasteiger partial charge in [-0.25, -0.2) is 0 Å². The molecule has 1 aromatic rings. The Labute approximate surface area is 104 Å². The van der Waals surface area contributed by atoms with Crippen LogP contribution in [0.4, 0.5) is 5.69 Å². The van der Waals surface area contributed by atoms with Gasteiger partial charge in [0.05, 0.1) is 6.07 Å². The SMILES string of the molecule is CCN(CC(C)(C#N)NC)c1cccc(C)c1. The summed E-state index contributed by atoms with van der Waals surface area (Å²) in [5.41, 5.74) is 1.90. The molecule has 1 N–H and O–H groups in total. The van der Waals surface area contributed by atoms with Crippen molar-refractivity contribution in [1.29, 1.82) is 5.26 Å². The van der Waals surface area contributed by atoms with E-state index < -0.39 is 5.54 Å². The first-order valence-corrected chi connectivity index (χ1v) is 5.96. The number of anilines is 1. The number of hydrogen-bond acceptors (Lipinski definition) is 3. The van der Waals surface area contributed by atoms with Gasteiger partial charge in [-0.1, -0.05) is 12.1 Å². The van der Waals surface area contributed by atoms with Crippen molar-refractivity contribution in [2.45, 2.75) is 26.3 Å². The van der Waals surface area contributed by atoms with Crippen molar-refractivity contribution in [2.75, 3.05) is 25.0 Å². The summed E-state index contributed by atoms with van der Waals surface area (Å²) in [7, 11) is 1.83. The molecular weight excluding hydrogens is 210 g/mol. The van der Waals surface area contributed by atoms with Crippen LogP contribution in [0.5, 0.6) is 0 Å². The maximum absolute atomic E-state index is 9.19. The predicted octanol–water partition coefficient (Wildman–Crippen LogP) is 2.32. The molecule has 0 aliphatic carbocycles. The smallest absolute Gasteiger partial charge is 0.121 e. The zero-order valence-corrected chi connectivity index (χ0v) is 11.1. The van der Waals surface area contributed by atoms with Gasteiger partial charge in [0, 0.05) is 18.8 Å². The van der Waals surface area contributed by atoms with Gasteiger partial charge in [0.1, 0.15) is 5.54 Å². The molecule has 3 nitrogen and oxygen atoms in total.